The van der Waals surface area contributed by atoms with Crippen molar-refractivity contribution in [2.75, 3.05) is 25.4 Å². The zero-order valence-corrected chi connectivity index (χ0v) is 12.8. The van der Waals surface area contributed by atoms with Gasteiger partial charge in [0.05, 0.1) is 6.54 Å². The van der Waals surface area contributed by atoms with Crippen molar-refractivity contribution in [3.8, 4) is 0 Å². The van der Waals surface area contributed by atoms with Gasteiger partial charge in [0, 0.05) is 25.2 Å². The first-order chi connectivity index (χ1) is 9.66. The Morgan fingerprint density at radius 1 is 1.19 bits per heavy atom. The van der Waals surface area contributed by atoms with Crippen molar-refractivity contribution < 1.29 is 9.59 Å². The van der Waals surface area contributed by atoms with Crippen LogP contribution in [0, 0.1) is 0 Å². The maximum atomic E-state index is 11.8. The molecule has 0 aliphatic carbocycles. The van der Waals surface area contributed by atoms with Crippen molar-refractivity contribution in [2.24, 2.45) is 0 Å². The molecule has 0 atom stereocenters. The minimum absolute atomic E-state index is 0. The lowest BCUT2D eigenvalue weighted by molar-refractivity contribution is -0.132. The van der Waals surface area contributed by atoms with Gasteiger partial charge in [-0.15, -0.1) is 12.4 Å². The smallest absolute Gasteiger partial charge is 0.241 e. The van der Waals surface area contributed by atoms with Crippen LogP contribution in [0.4, 0.5) is 5.69 Å². The lowest BCUT2D eigenvalue weighted by Gasteiger charge is -2.15. The highest BCUT2D eigenvalue weighted by atomic mass is 35.5. The first kappa shape index (κ1) is 17.3. The van der Waals surface area contributed by atoms with Gasteiger partial charge in [0.1, 0.15) is 0 Å². The first-order valence-electron chi connectivity index (χ1n) is 7.04. The maximum absolute atomic E-state index is 11.8. The minimum atomic E-state index is -0.110. The number of halogens is 1. The fourth-order valence-electron chi connectivity index (χ4n) is 2.35. The van der Waals surface area contributed by atoms with E-state index in [1.165, 1.54) is 0 Å². The zero-order valence-electron chi connectivity index (χ0n) is 12.0. The molecule has 1 heterocycles. The zero-order chi connectivity index (χ0) is 14.4. The van der Waals surface area contributed by atoms with Crippen LogP contribution in [-0.2, 0) is 16.0 Å². The average molecular weight is 312 g/mol. The van der Waals surface area contributed by atoms with Crippen LogP contribution in [0.3, 0.4) is 0 Å². The predicted molar refractivity (Wildman–Crippen MR) is 85.2 cm³/mol. The van der Waals surface area contributed by atoms with Crippen LogP contribution in [-0.4, -0.2) is 36.3 Å². The average Bonchev–Trinajstić information content (AvgIpc) is 2.98. The van der Waals surface area contributed by atoms with Crippen molar-refractivity contribution in [1.29, 1.82) is 0 Å². The Labute approximate surface area is 131 Å². The van der Waals surface area contributed by atoms with E-state index in [1.807, 2.05) is 24.3 Å². The summed E-state index contributed by atoms with van der Waals surface area (Å²) in [4.78, 5) is 25.3. The molecule has 0 unspecified atom stereocenters. The summed E-state index contributed by atoms with van der Waals surface area (Å²) in [6.45, 7) is 1.73. The summed E-state index contributed by atoms with van der Waals surface area (Å²) < 4.78 is 0. The van der Waals surface area contributed by atoms with Gasteiger partial charge in [-0.1, -0.05) is 18.2 Å². The Morgan fingerprint density at radius 2 is 1.86 bits per heavy atom. The molecule has 21 heavy (non-hydrogen) atoms. The molecule has 6 heteroatoms. The maximum Gasteiger partial charge on any atom is 0.241 e. The lowest BCUT2D eigenvalue weighted by Crippen LogP contribution is -2.38. The Balaban J connectivity index is 0.00000220. The van der Waals surface area contributed by atoms with Crippen molar-refractivity contribution in [3.63, 3.8) is 0 Å². The van der Waals surface area contributed by atoms with Gasteiger partial charge in [0.25, 0.3) is 0 Å². The highest BCUT2D eigenvalue weighted by Gasteiger charge is 2.17. The van der Waals surface area contributed by atoms with E-state index in [0.717, 1.165) is 31.5 Å². The van der Waals surface area contributed by atoms with Crippen LogP contribution in [0.1, 0.15) is 24.8 Å². The molecule has 0 bridgehead atoms. The third kappa shape index (κ3) is 5.27. The number of anilines is 1. The number of hydrogen-bond donors (Lipinski definition) is 2. The van der Waals surface area contributed by atoms with Crippen molar-refractivity contribution in [2.45, 2.75) is 25.7 Å². The third-order valence-corrected chi connectivity index (χ3v) is 3.57. The molecule has 1 aliphatic rings. The fourth-order valence-corrected chi connectivity index (χ4v) is 2.35. The summed E-state index contributed by atoms with van der Waals surface area (Å²) in [7, 11) is 0. The topological polar surface area (TPSA) is 75.4 Å². The minimum Gasteiger partial charge on any atom is -0.399 e. The monoisotopic (exact) mass is 311 g/mol. The predicted octanol–water partition coefficient (Wildman–Crippen LogP) is 1.36. The molecule has 2 rings (SSSR count). The number of carbonyl (C=O) groups excluding carboxylic acids is 2. The normalized spacial score (nSPS) is 13.6. The van der Waals surface area contributed by atoms with E-state index in [1.54, 1.807) is 4.90 Å². The molecule has 0 radical (unpaired) electrons. The third-order valence-electron chi connectivity index (χ3n) is 3.57. The second-order valence-corrected chi connectivity index (χ2v) is 5.06. The fraction of sp³-hybridized carbons (Fsp3) is 0.467. The van der Waals surface area contributed by atoms with E-state index in [2.05, 4.69) is 5.32 Å². The van der Waals surface area contributed by atoms with Crippen LogP contribution in [0.15, 0.2) is 24.3 Å². The molecular weight excluding hydrogens is 290 g/mol. The molecule has 0 spiro atoms. The molecule has 2 amide bonds. The van der Waals surface area contributed by atoms with E-state index in [-0.39, 0.29) is 30.8 Å². The Morgan fingerprint density at radius 3 is 2.52 bits per heavy atom. The number of hydrogen-bond acceptors (Lipinski definition) is 3. The lowest BCUT2D eigenvalue weighted by atomic mass is 10.1. The molecule has 0 aromatic heterocycles. The highest BCUT2D eigenvalue weighted by Crippen LogP contribution is 2.12. The number of carbonyl (C=O) groups is 2. The molecule has 1 fully saturated rings. The van der Waals surface area contributed by atoms with Crippen LogP contribution < -0.4 is 11.1 Å². The number of likely N-dealkylation sites (tertiary alicyclic amines) is 1. The Bertz CT molecular complexity index is 488. The van der Waals surface area contributed by atoms with E-state index in [0.29, 0.717) is 18.5 Å². The van der Waals surface area contributed by atoms with E-state index < -0.39 is 0 Å². The summed E-state index contributed by atoms with van der Waals surface area (Å²) in [5.41, 5.74) is 7.49. The van der Waals surface area contributed by atoms with Gasteiger partial charge < -0.3 is 16.0 Å². The number of nitrogens with two attached hydrogens (primary N) is 1. The molecule has 1 aromatic carbocycles. The van der Waals surface area contributed by atoms with Gasteiger partial charge in [-0.05, 0) is 30.9 Å². The second kappa shape index (κ2) is 8.52. The number of rotatable bonds is 5. The van der Waals surface area contributed by atoms with Crippen LogP contribution in [0.2, 0.25) is 0 Å². The highest BCUT2D eigenvalue weighted by molar-refractivity contribution is 5.85. The summed E-state index contributed by atoms with van der Waals surface area (Å²) >= 11 is 0. The number of para-hydroxylation sites is 1. The summed E-state index contributed by atoms with van der Waals surface area (Å²) in [6.07, 6.45) is 3.07. The Kier molecular flexibility index (Phi) is 7.02. The molecule has 3 N–H and O–H groups in total. The van der Waals surface area contributed by atoms with Crippen LogP contribution >= 0.6 is 12.4 Å². The van der Waals surface area contributed by atoms with Gasteiger partial charge in [0.15, 0.2) is 0 Å². The van der Waals surface area contributed by atoms with E-state index in [4.69, 9.17) is 5.73 Å². The SMILES string of the molecule is Cl.Nc1ccccc1CCC(=O)NCC(=O)N1CCCC1. The van der Waals surface area contributed by atoms with Crippen LogP contribution in [0.5, 0.6) is 0 Å². The van der Waals surface area contributed by atoms with Crippen molar-refractivity contribution in [1.82, 2.24) is 10.2 Å². The van der Waals surface area contributed by atoms with Crippen molar-refractivity contribution in [3.05, 3.63) is 29.8 Å². The largest absolute Gasteiger partial charge is 0.399 e. The molecule has 116 valence electrons. The Hall–Kier alpha value is -1.75. The number of nitrogens with one attached hydrogen (secondary N) is 1. The number of benzene rings is 1. The standard InChI is InChI=1S/C15H21N3O2.ClH/c16-13-6-2-1-5-12(13)7-8-14(19)17-11-15(20)18-9-3-4-10-18;/h1-2,5-6H,3-4,7-11,16H2,(H,17,19);1H. The van der Waals surface area contributed by atoms with Crippen LogP contribution in [0.25, 0.3) is 0 Å². The molecule has 1 aliphatic heterocycles. The molecular formula is C15H22ClN3O2. The van der Waals surface area contributed by atoms with Gasteiger partial charge in [-0.3, -0.25) is 9.59 Å². The first-order valence-corrected chi connectivity index (χ1v) is 7.04. The van der Waals surface area contributed by atoms with E-state index >= 15 is 0 Å². The molecule has 0 saturated carbocycles. The molecule has 1 saturated heterocycles. The summed E-state index contributed by atoms with van der Waals surface area (Å²) in [5, 5.41) is 2.68. The van der Waals surface area contributed by atoms with Gasteiger partial charge in [-0.25, -0.2) is 0 Å². The quantitative estimate of drug-likeness (QED) is 0.806. The van der Waals surface area contributed by atoms with E-state index in [9.17, 15) is 9.59 Å². The summed E-state index contributed by atoms with van der Waals surface area (Å²) in [6, 6.07) is 7.51. The van der Waals surface area contributed by atoms with Gasteiger partial charge >= 0.3 is 0 Å². The summed E-state index contributed by atoms with van der Waals surface area (Å²) in [5.74, 6) is -0.101. The second-order valence-electron chi connectivity index (χ2n) is 5.06. The number of aryl methyl sites for hydroxylation is 1. The number of nitrogen functional groups attached to an aromatic ring is 1. The number of amides is 2. The van der Waals surface area contributed by atoms with Gasteiger partial charge in [-0.2, -0.15) is 0 Å². The van der Waals surface area contributed by atoms with Gasteiger partial charge in [0.2, 0.25) is 11.8 Å². The number of nitrogens with zero attached hydrogens (tertiary/aromatic N) is 1. The molecule has 1 aromatic rings. The molecule has 5 nitrogen and oxygen atoms in total. The van der Waals surface area contributed by atoms with Crippen molar-refractivity contribution >= 4 is 29.9 Å².